The molecule has 0 saturated carbocycles. The first-order chi connectivity index (χ1) is 14.7. The average molecular weight is 557 g/mol. The second-order valence-electron chi connectivity index (χ2n) is 7.37. The lowest BCUT2D eigenvalue weighted by Gasteiger charge is -2.17. The molecule has 0 radical (unpaired) electrons. The summed E-state index contributed by atoms with van der Waals surface area (Å²) in [7, 11) is 0.705. The van der Waals surface area contributed by atoms with Crippen LogP contribution in [-0.4, -0.2) is 49.3 Å². The topological polar surface area (TPSA) is 72.0 Å². The summed E-state index contributed by atoms with van der Waals surface area (Å²) in [6.07, 6.45) is 1.06. The number of aliphatic imine (C=N–C) groups is 1. The van der Waals surface area contributed by atoms with Gasteiger partial charge in [0.1, 0.15) is 5.75 Å². The number of rotatable bonds is 9. The summed E-state index contributed by atoms with van der Waals surface area (Å²) in [5.41, 5.74) is 2.25. The molecule has 1 heterocycles. The second-order valence-corrected chi connectivity index (χ2v) is 8.94. The molecule has 0 aromatic heterocycles. The van der Waals surface area contributed by atoms with Gasteiger partial charge in [0.25, 0.3) is 0 Å². The van der Waals surface area contributed by atoms with Crippen molar-refractivity contribution in [1.82, 2.24) is 10.6 Å². The van der Waals surface area contributed by atoms with E-state index in [1.807, 2.05) is 30.3 Å². The molecule has 1 aliphatic heterocycles. The van der Waals surface area contributed by atoms with Gasteiger partial charge in [0.05, 0.1) is 24.0 Å². The zero-order chi connectivity index (χ0) is 21.2. The van der Waals surface area contributed by atoms with Crippen LogP contribution in [0.1, 0.15) is 17.5 Å². The fraction of sp³-hybridized carbons (Fsp3) is 0.435. The Morgan fingerprint density at radius 1 is 1.23 bits per heavy atom. The number of nitrogens with one attached hydrogen (secondary N) is 2. The maximum absolute atomic E-state index is 12.3. The summed E-state index contributed by atoms with van der Waals surface area (Å²) in [6, 6.07) is 15.8. The van der Waals surface area contributed by atoms with Crippen LogP contribution in [0.5, 0.6) is 5.75 Å². The summed E-state index contributed by atoms with van der Waals surface area (Å²) in [4.78, 5) is 5.11. The molecular weight excluding hydrogens is 525 g/mol. The van der Waals surface area contributed by atoms with Gasteiger partial charge in [-0.1, -0.05) is 30.3 Å². The van der Waals surface area contributed by atoms with Gasteiger partial charge in [0.2, 0.25) is 0 Å². The molecule has 6 nitrogen and oxygen atoms in total. The molecule has 170 valence electrons. The minimum atomic E-state index is -1.03. The van der Waals surface area contributed by atoms with Crippen LogP contribution in [0.3, 0.4) is 0 Å². The molecule has 2 aromatic rings. The second kappa shape index (κ2) is 13.7. The van der Waals surface area contributed by atoms with Crippen LogP contribution in [0.25, 0.3) is 0 Å². The van der Waals surface area contributed by atoms with Crippen LogP contribution in [0, 0.1) is 12.8 Å². The normalized spacial score (nSPS) is 17.0. The first-order valence-electron chi connectivity index (χ1n) is 10.3. The van der Waals surface area contributed by atoms with E-state index in [0.717, 1.165) is 35.8 Å². The molecule has 31 heavy (non-hydrogen) atoms. The molecule has 2 N–H and O–H groups in total. The van der Waals surface area contributed by atoms with Crippen molar-refractivity contribution in [2.45, 2.75) is 24.8 Å². The summed E-state index contributed by atoms with van der Waals surface area (Å²) in [6.45, 7) is 5.51. The maximum atomic E-state index is 12.3. The Labute approximate surface area is 204 Å². The maximum Gasteiger partial charge on any atom is 0.191 e. The summed E-state index contributed by atoms with van der Waals surface area (Å²) < 4.78 is 23.9. The van der Waals surface area contributed by atoms with Gasteiger partial charge in [0, 0.05) is 48.9 Å². The summed E-state index contributed by atoms with van der Waals surface area (Å²) in [5, 5.41) is 6.56. The number of aryl methyl sites for hydroxylation is 1. The van der Waals surface area contributed by atoms with Crippen molar-refractivity contribution in [1.29, 1.82) is 0 Å². The quantitative estimate of drug-likeness (QED) is 0.281. The molecule has 0 aliphatic carbocycles. The highest BCUT2D eigenvalue weighted by molar-refractivity contribution is 14.0. The molecule has 1 saturated heterocycles. The Morgan fingerprint density at radius 2 is 2.03 bits per heavy atom. The third kappa shape index (κ3) is 8.42. The SMILES string of the molecule is CN=C(NCCS(=O)c1ccccc1)NCc1ccc(C)cc1OCC1CCOC1.I. The minimum absolute atomic E-state index is 0. The lowest BCUT2D eigenvalue weighted by molar-refractivity contribution is 0.166. The van der Waals surface area contributed by atoms with E-state index in [1.54, 1.807) is 7.05 Å². The Bertz CT molecular complexity index is 858. The molecule has 0 amide bonds. The van der Waals surface area contributed by atoms with Crippen molar-refractivity contribution >= 4 is 40.7 Å². The van der Waals surface area contributed by atoms with Gasteiger partial charge in [-0.3, -0.25) is 9.20 Å². The molecule has 3 rings (SSSR count). The minimum Gasteiger partial charge on any atom is -0.493 e. The number of halogens is 1. The highest BCUT2D eigenvalue weighted by atomic mass is 127. The summed E-state index contributed by atoms with van der Waals surface area (Å²) in [5.74, 6) is 2.56. The largest absolute Gasteiger partial charge is 0.493 e. The van der Waals surface area contributed by atoms with E-state index < -0.39 is 10.8 Å². The van der Waals surface area contributed by atoms with Crippen molar-refractivity contribution in [2.24, 2.45) is 10.9 Å². The van der Waals surface area contributed by atoms with Gasteiger partial charge in [-0.15, -0.1) is 24.0 Å². The molecule has 0 bridgehead atoms. The fourth-order valence-electron chi connectivity index (χ4n) is 3.22. The van der Waals surface area contributed by atoms with E-state index in [1.165, 1.54) is 5.56 Å². The first kappa shape index (κ1) is 25.6. The van der Waals surface area contributed by atoms with Crippen LogP contribution in [0.2, 0.25) is 0 Å². The van der Waals surface area contributed by atoms with E-state index in [4.69, 9.17) is 9.47 Å². The van der Waals surface area contributed by atoms with E-state index in [-0.39, 0.29) is 24.0 Å². The highest BCUT2D eigenvalue weighted by Gasteiger charge is 2.17. The smallest absolute Gasteiger partial charge is 0.191 e. The van der Waals surface area contributed by atoms with Gasteiger partial charge < -0.3 is 20.1 Å². The lowest BCUT2D eigenvalue weighted by atomic mass is 10.1. The lowest BCUT2D eigenvalue weighted by Crippen LogP contribution is -2.38. The molecule has 1 fully saturated rings. The van der Waals surface area contributed by atoms with Gasteiger partial charge >= 0.3 is 0 Å². The molecule has 2 aromatic carbocycles. The Kier molecular flexibility index (Phi) is 11.3. The van der Waals surface area contributed by atoms with Crippen LogP contribution in [0.4, 0.5) is 0 Å². The van der Waals surface area contributed by atoms with Crippen molar-refractivity contribution in [2.75, 3.05) is 39.2 Å². The average Bonchev–Trinajstić information content (AvgIpc) is 3.29. The molecule has 8 heteroatoms. The van der Waals surface area contributed by atoms with Gasteiger partial charge in [-0.25, -0.2) is 0 Å². The van der Waals surface area contributed by atoms with Gasteiger partial charge in [-0.2, -0.15) is 0 Å². The predicted molar refractivity (Wildman–Crippen MR) is 137 cm³/mol. The van der Waals surface area contributed by atoms with Crippen molar-refractivity contribution in [3.63, 3.8) is 0 Å². The van der Waals surface area contributed by atoms with Crippen LogP contribution in [-0.2, 0) is 22.1 Å². The summed E-state index contributed by atoms with van der Waals surface area (Å²) >= 11 is 0. The van der Waals surface area contributed by atoms with Crippen molar-refractivity contribution < 1.29 is 13.7 Å². The van der Waals surface area contributed by atoms with Crippen LogP contribution in [0.15, 0.2) is 58.4 Å². The Hall–Kier alpha value is -1.65. The van der Waals surface area contributed by atoms with E-state index in [9.17, 15) is 4.21 Å². The van der Waals surface area contributed by atoms with Gasteiger partial charge in [0.15, 0.2) is 5.96 Å². The molecule has 2 atom stereocenters. The molecule has 2 unspecified atom stereocenters. The zero-order valence-corrected chi connectivity index (χ0v) is 21.3. The van der Waals surface area contributed by atoms with Crippen LogP contribution < -0.4 is 15.4 Å². The van der Waals surface area contributed by atoms with E-state index in [0.29, 0.717) is 37.3 Å². The van der Waals surface area contributed by atoms with Crippen molar-refractivity contribution in [3.05, 3.63) is 59.7 Å². The number of benzene rings is 2. The number of ether oxygens (including phenoxy) is 2. The van der Waals surface area contributed by atoms with Crippen LogP contribution >= 0.6 is 24.0 Å². The standard InChI is InChI=1S/C23H31N3O3S.HI/c1-18-8-9-20(22(14-18)29-17-19-10-12-28-16-19)15-26-23(24-2)25-11-13-30(27)21-6-4-3-5-7-21;/h3-9,14,19H,10-13,15-17H2,1-2H3,(H2,24,25,26);1H. The predicted octanol–water partition coefficient (Wildman–Crippen LogP) is 3.50. The molecular formula is C23H32IN3O3S. The first-order valence-corrected chi connectivity index (χ1v) is 11.7. The Morgan fingerprint density at radius 3 is 2.74 bits per heavy atom. The molecule has 0 spiro atoms. The number of nitrogens with zero attached hydrogens (tertiary/aromatic N) is 1. The van der Waals surface area contributed by atoms with Crippen molar-refractivity contribution in [3.8, 4) is 5.75 Å². The third-order valence-corrected chi connectivity index (χ3v) is 6.35. The van der Waals surface area contributed by atoms with E-state index in [2.05, 4.69) is 40.7 Å². The number of guanidine groups is 1. The molecule has 1 aliphatic rings. The third-order valence-electron chi connectivity index (χ3n) is 4.98. The van der Waals surface area contributed by atoms with Gasteiger partial charge in [-0.05, 0) is 37.1 Å². The number of hydrogen-bond donors (Lipinski definition) is 2. The fourth-order valence-corrected chi connectivity index (χ4v) is 4.20. The zero-order valence-electron chi connectivity index (χ0n) is 18.1. The highest BCUT2D eigenvalue weighted by Crippen LogP contribution is 2.22. The monoisotopic (exact) mass is 557 g/mol. The number of hydrogen-bond acceptors (Lipinski definition) is 4. The Balaban J connectivity index is 0.00000341. The van der Waals surface area contributed by atoms with E-state index >= 15 is 0 Å².